The molecule has 4 nitrogen and oxygen atoms in total. The molecule has 0 radical (unpaired) electrons. The van der Waals surface area contributed by atoms with Crippen molar-refractivity contribution < 1.29 is 4.79 Å². The highest BCUT2D eigenvalue weighted by molar-refractivity contribution is 5.95. The number of nitrogens with one attached hydrogen (secondary N) is 1. The molecule has 70 valence electrons. The van der Waals surface area contributed by atoms with Gasteiger partial charge in [-0.15, -0.1) is 0 Å². The van der Waals surface area contributed by atoms with Crippen LogP contribution in [0.15, 0.2) is 24.3 Å². The lowest BCUT2D eigenvalue weighted by Gasteiger charge is -2.09. The third kappa shape index (κ3) is 2.54. The summed E-state index contributed by atoms with van der Waals surface area (Å²) in [6.45, 7) is 1.86. The lowest BCUT2D eigenvalue weighted by molar-refractivity contribution is 0.0938. The van der Waals surface area contributed by atoms with Gasteiger partial charge in [0, 0.05) is 5.56 Å². The maximum Gasteiger partial charge on any atom is 0.253 e. The minimum atomic E-state index is -0.813. The Labute approximate surface area is 76.9 Å². The van der Waals surface area contributed by atoms with Crippen LogP contribution in [0, 0.1) is 6.92 Å². The van der Waals surface area contributed by atoms with Crippen LogP contribution in [-0.2, 0) is 0 Å². The van der Waals surface area contributed by atoms with Crippen molar-refractivity contribution in [1.29, 1.82) is 0 Å². The number of amides is 1. The van der Waals surface area contributed by atoms with Crippen LogP contribution in [0.4, 0.5) is 0 Å². The van der Waals surface area contributed by atoms with E-state index in [1.165, 1.54) is 0 Å². The van der Waals surface area contributed by atoms with E-state index in [1.807, 2.05) is 19.1 Å². The molecule has 0 saturated heterocycles. The van der Waals surface area contributed by atoms with Crippen LogP contribution >= 0.6 is 0 Å². The van der Waals surface area contributed by atoms with E-state index in [2.05, 4.69) is 5.32 Å². The van der Waals surface area contributed by atoms with Gasteiger partial charge in [0.1, 0.15) is 6.29 Å². The van der Waals surface area contributed by atoms with Crippen molar-refractivity contribution in [3.8, 4) is 0 Å². The molecule has 0 fully saturated rings. The molecule has 0 aliphatic rings. The summed E-state index contributed by atoms with van der Waals surface area (Å²) in [5.41, 5.74) is 12.0. The Kier molecular flexibility index (Phi) is 3.00. The highest BCUT2D eigenvalue weighted by atomic mass is 16.1. The fourth-order valence-electron chi connectivity index (χ4n) is 1.06. The maximum absolute atomic E-state index is 11.4. The number of hydrogen-bond donors (Lipinski definition) is 3. The summed E-state index contributed by atoms with van der Waals surface area (Å²) in [4.78, 5) is 11.4. The zero-order valence-electron chi connectivity index (χ0n) is 7.45. The lowest BCUT2D eigenvalue weighted by Crippen LogP contribution is -2.48. The first-order valence-corrected chi connectivity index (χ1v) is 3.99. The monoisotopic (exact) mass is 179 g/mol. The fourth-order valence-corrected chi connectivity index (χ4v) is 1.06. The third-order valence-corrected chi connectivity index (χ3v) is 1.69. The van der Waals surface area contributed by atoms with Crippen molar-refractivity contribution >= 4 is 5.91 Å². The Morgan fingerprint density at radius 3 is 2.54 bits per heavy atom. The van der Waals surface area contributed by atoms with Gasteiger partial charge in [0.05, 0.1) is 0 Å². The first-order chi connectivity index (χ1) is 6.11. The molecule has 4 heteroatoms. The average Bonchev–Trinajstić information content (AvgIpc) is 2.03. The van der Waals surface area contributed by atoms with Crippen molar-refractivity contribution in [1.82, 2.24) is 5.32 Å². The number of rotatable bonds is 2. The van der Waals surface area contributed by atoms with Gasteiger partial charge in [0.25, 0.3) is 5.91 Å². The second-order valence-corrected chi connectivity index (χ2v) is 2.81. The molecule has 5 N–H and O–H groups in total. The minimum absolute atomic E-state index is 0.242. The van der Waals surface area contributed by atoms with E-state index in [9.17, 15) is 4.79 Å². The van der Waals surface area contributed by atoms with E-state index < -0.39 is 6.29 Å². The topological polar surface area (TPSA) is 81.1 Å². The van der Waals surface area contributed by atoms with Gasteiger partial charge < -0.3 is 5.32 Å². The summed E-state index contributed by atoms with van der Waals surface area (Å²) in [7, 11) is 0. The Morgan fingerprint density at radius 2 is 2.00 bits per heavy atom. The Hall–Kier alpha value is -1.39. The summed E-state index contributed by atoms with van der Waals surface area (Å²) in [5, 5.41) is 2.42. The molecule has 0 aromatic heterocycles. The van der Waals surface area contributed by atoms with Crippen LogP contribution in [-0.4, -0.2) is 12.2 Å². The van der Waals surface area contributed by atoms with Crippen LogP contribution in [0.5, 0.6) is 0 Å². The van der Waals surface area contributed by atoms with Gasteiger partial charge in [-0.05, 0) is 18.6 Å². The van der Waals surface area contributed by atoms with E-state index in [0.717, 1.165) is 5.56 Å². The van der Waals surface area contributed by atoms with Crippen LogP contribution in [0.25, 0.3) is 0 Å². The molecule has 0 heterocycles. The fraction of sp³-hybridized carbons (Fsp3) is 0.222. The Balaban J connectivity index is 2.83. The van der Waals surface area contributed by atoms with Gasteiger partial charge in [-0.25, -0.2) is 0 Å². The van der Waals surface area contributed by atoms with Gasteiger partial charge in [-0.1, -0.05) is 18.2 Å². The largest absolute Gasteiger partial charge is 0.324 e. The zero-order chi connectivity index (χ0) is 9.84. The van der Waals surface area contributed by atoms with E-state index in [-0.39, 0.29) is 5.91 Å². The summed E-state index contributed by atoms with van der Waals surface area (Å²) in [5.74, 6) is -0.242. The number of aryl methyl sites for hydroxylation is 1. The number of hydrogen-bond acceptors (Lipinski definition) is 3. The molecule has 0 atom stereocenters. The highest BCUT2D eigenvalue weighted by Crippen LogP contribution is 2.05. The molecule has 0 spiro atoms. The van der Waals surface area contributed by atoms with Crippen LogP contribution < -0.4 is 16.8 Å². The number of carbonyl (C=O) groups is 1. The van der Waals surface area contributed by atoms with Crippen molar-refractivity contribution in [2.45, 2.75) is 13.2 Å². The predicted molar refractivity (Wildman–Crippen MR) is 50.8 cm³/mol. The number of nitrogens with two attached hydrogens (primary N) is 2. The predicted octanol–water partition coefficient (Wildman–Crippen LogP) is -0.0742. The Bertz CT molecular complexity index is 309. The molecule has 0 aliphatic heterocycles. The summed E-state index contributed by atoms with van der Waals surface area (Å²) in [6.07, 6.45) is -0.813. The Morgan fingerprint density at radius 1 is 1.38 bits per heavy atom. The van der Waals surface area contributed by atoms with E-state index in [0.29, 0.717) is 5.56 Å². The normalized spacial score (nSPS) is 10.2. The molecule has 0 bridgehead atoms. The molecule has 1 rings (SSSR count). The van der Waals surface area contributed by atoms with Gasteiger partial charge in [0.15, 0.2) is 0 Å². The molecule has 13 heavy (non-hydrogen) atoms. The second-order valence-electron chi connectivity index (χ2n) is 2.81. The van der Waals surface area contributed by atoms with Crippen molar-refractivity contribution in [3.05, 3.63) is 35.4 Å². The molecule has 0 unspecified atom stereocenters. The van der Waals surface area contributed by atoms with Gasteiger partial charge in [-0.2, -0.15) is 0 Å². The molecule has 1 amide bonds. The van der Waals surface area contributed by atoms with Crippen molar-refractivity contribution in [3.63, 3.8) is 0 Å². The lowest BCUT2D eigenvalue weighted by atomic mass is 10.1. The van der Waals surface area contributed by atoms with E-state index >= 15 is 0 Å². The first-order valence-electron chi connectivity index (χ1n) is 3.99. The van der Waals surface area contributed by atoms with Crippen LogP contribution in [0.3, 0.4) is 0 Å². The van der Waals surface area contributed by atoms with Gasteiger partial charge in [0.2, 0.25) is 0 Å². The van der Waals surface area contributed by atoms with Crippen molar-refractivity contribution in [2.24, 2.45) is 11.5 Å². The zero-order valence-corrected chi connectivity index (χ0v) is 7.45. The maximum atomic E-state index is 11.4. The quantitative estimate of drug-likeness (QED) is 0.556. The molecule has 1 aromatic rings. The highest BCUT2D eigenvalue weighted by Gasteiger charge is 2.08. The second kappa shape index (κ2) is 4.02. The number of benzene rings is 1. The SMILES string of the molecule is Cc1ccccc1C(=O)NC(N)N. The van der Waals surface area contributed by atoms with Gasteiger partial charge >= 0.3 is 0 Å². The molecule has 0 saturated carbocycles. The summed E-state index contributed by atoms with van der Waals surface area (Å²) >= 11 is 0. The molecular weight excluding hydrogens is 166 g/mol. The smallest absolute Gasteiger partial charge is 0.253 e. The third-order valence-electron chi connectivity index (χ3n) is 1.69. The molecule has 0 aliphatic carbocycles. The average molecular weight is 179 g/mol. The first kappa shape index (κ1) is 9.70. The van der Waals surface area contributed by atoms with Crippen LogP contribution in [0.2, 0.25) is 0 Å². The van der Waals surface area contributed by atoms with Gasteiger partial charge in [-0.3, -0.25) is 16.3 Å². The number of carbonyl (C=O) groups excluding carboxylic acids is 1. The van der Waals surface area contributed by atoms with E-state index in [4.69, 9.17) is 11.5 Å². The minimum Gasteiger partial charge on any atom is -0.324 e. The van der Waals surface area contributed by atoms with Crippen molar-refractivity contribution in [2.75, 3.05) is 0 Å². The summed E-state index contributed by atoms with van der Waals surface area (Å²) < 4.78 is 0. The standard InChI is InChI=1S/C9H13N3O/c1-6-4-2-3-5-7(6)8(13)12-9(10)11/h2-5,9H,10-11H2,1H3,(H,12,13). The molecular formula is C9H13N3O. The summed E-state index contributed by atoms with van der Waals surface area (Å²) in [6, 6.07) is 7.25. The van der Waals surface area contributed by atoms with Crippen LogP contribution in [0.1, 0.15) is 15.9 Å². The van der Waals surface area contributed by atoms with E-state index in [1.54, 1.807) is 12.1 Å². The molecule has 1 aromatic carbocycles.